The average Bonchev–Trinajstić information content (AvgIpc) is 3.28. The summed E-state index contributed by atoms with van der Waals surface area (Å²) in [5.74, 6) is 0.204. The maximum atomic E-state index is 12.9. The molecule has 0 saturated heterocycles. The molecular weight excluding hydrogens is 433 g/mol. The van der Waals surface area contributed by atoms with Crippen LogP contribution in [0.5, 0.6) is 0 Å². The molecule has 0 fully saturated rings. The van der Waals surface area contributed by atoms with E-state index >= 15 is 0 Å². The fourth-order valence-electron chi connectivity index (χ4n) is 2.26. The lowest BCUT2D eigenvalue weighted by Gasteiger charge is -2.13. The summed E-state index contributed by atoms with van der Waals surface area (Å²) in [5.41, 5.74) is -0.984. The zero-order valence-corrected chi connectivity index (χ0v) is 16.8. The molecule has 3 aromatic rings. The van der Waals surface area contributed by atoms with E-state index in [9.17, 15) is 18.0 Å². The number of aromatic amines is 1. The molecule has 148 valence electrons. The highest BCUT2D eigenvalue weighted by Crippen LogP contribution is 2.36. The first-order valence-corrected chi connectivity index (χ1v) is 10.1. The second-order valence-corrected chi connectivity index (χ2v) is 8.51. The number of rotatable bonds is 6. The zero-order chi connectivity index (χ0) is 20.3. The van der Waals surface area contributed by atoms with Crippen molar-refractivity contribution in [1.29, 1.82) is 0 Å². The third-order valence-corrected chi connectivity index (χ3v) is 5.79. The Hall–Kier alpha value is -2.04. The molecule has 0 radical (unpaired) electrons. The number of nitrogens with zero attached hydrogens (tertiary/aromatic N) is 2. The number of carbonyl (C=O) groups is 1. The topological polar surface area (TPSA) is 70.7 Å². The summed E-state index contributed by atoms with van der Waals surface area (Å²) in [6.45, 7) is 1.62. The molecule has 1 aromatic carbocycles. The van der Waals surface area contributed by atoms with Crippen molar-refractivity contribution in [3.8, 4) is 0 Å². The van der Waals surface area contributed by atoms with E-state index in [0.29, 0.717) is 17.4 Å². The van der Waals surface area contributed by atoms with Crippen molar-refractivity contribution < 1.29 is 18.0 Å². The molecule has 28 heavy (non-hydrogen) atoms. The summed E-state index contributed by atoms with van der Waals surface area (Å²) >= 11 is 8.29. The molecule has 0 aliphatic carbocycles. The van der Waals surface area contributed by atoms with Gasteiger partial charge in [-0.1, -0.05) is 29.4 Å². The van der Waals surface area contributed by atoms with Gasteiger partial charge in [0.2, 0.25) is 11.1 Å². The van der Waals surface area contributed by atoms with Gasteiger partial charge in [0.25, 0.3) is 0 Å². The van der Waals surface area contributed by atoms with Crippen molar-refractivity contribution in [1.82, 2.24) is 15.2 Å². The summed E-state index contributed by atoms with van der Waals surface area (Å²) in [6, 6.07) is 7.16. The summed E-state index contributed by atoms with van der Waals surface area (Å²) in [4.78, 5) is 17.8. The van der Waals surface area contributed by atoms with Gasteiger partial charge >= 0.3 is 6.18 Å². The number of halogens is 4. The number of alkyl halides is 3. The van der Waals surface area contributed by atoms with Crippen molar-refractivity contribution >= 4 is 46.3 Å². The number of anilines is 1. The predicted molar refractivity (Wildman–Crippen MR) is 104 cm³/mol. The van der Waals surface area contributed by atoms with Gasteiger partial charge in [0.15, 0.2) is 0 Å². The van der Waals surface area contributed by atoms with Gasteiger partial charge in [-0.2, -0.15) is 13.2 Å². The van der Waals surface area contributed by atoms with E-state index < -0.39 is 27.9 Å². The molecule has 0 aliphatic rings. The van der Waals surface area contributed by atoms with Crippen molar-refractivity contribution in [2.45, 2.75) is 29.9 Å². The summed E-state index contributed by atoms with van der Waals surface area (Å²) < 4.78 is 38.8. The quantitative estimate of drug-likeness (QED) is 0.507. The first-order chi connectivity index (χ1) is 13.2. The second kappa shape index (κ2) is 8.54. The number of benzene rings is 1. The minimum absolute atomic E-state index is 0.0162. The van der Waals surface area contributed by atoms with Crippen LogP contribution in [0.2, 0.25) is 5.02 Å². The molecule has 2 aromatic heterocycles. The number of thioether (sulfide) groups is 1. The Morgan fingerprint density at radius 1 is 1.39 bits per heavy atom. The highest BCUT2D eigenvalue weighted by atomic mass is 35.5. The molecule has 5 nitrogen and oxygen atoms in total. The highest BCUT2D eigenvalue weighted by molar-refractivity contribution is 8.00. The lowest BCUT2D eigenvalue weighted by atomic mass is 10.2. The summed E-state index contributed by atoms with van der Waals surface area (Å²) in [6.07, 6.45) is -3.99. The average molecular weight is 447 g/mol. The Labute approximate surface area is 171 Å². The van der Waals surface area contributed by atoms with E-state index in [-0.39, 0.29) is 5.69 Å². The first-order valence-electron chi connectivity index (χ1n) is 8.00. The number of nitrogens with one attached hydrogen (secondary N) is 2. The van der Waals surface area contributed by atoms with E-state index in [1.54, 1.807) is 18.3 Å². The summed E-state index contributed by atoms with van der Waals surface area (Å²) in [5, 5.41) is 10.7. The molecule has 3 rings (SSSR count). The smallest absolute Gasteiger partial charge is 0.325 e. The number of H-pyrrole nitrogens is 1. The molecule has 0 unspecified atom stereocenters. The normalized spacial score (nSPS) is 12.8. The lowest BCUT2D eigenvalue weighted by Crippen LogP contribution is -2.22. The van der Waals surface area contributed by atoms with Crippen molar-refractivity contribution in [2.24, 2.45) is 0 Å². The largest absolute Gasteiger partial charge is 0.417 e. The Balaban J connectivity index is 1.61. The van der Waals surface area contributed by atoms with Crippen LogP contribution >= 0.6 is 34.7 Å². The number of thiophene rings is 1. The van der Waals surface area contributed by atoms with Gasteiger partial charge < -0.3 is 5.32 Å². The van der Waals surface area contributed by atoms with E-state index in [1.165, 1.54) is 6.07 Å². The molecular formula is C17H14ClF3N4OS2. The first kappa shape index (κ1) is 20.7. The van der Waals surface area contributed by atoms with Gasteiger partial charge in [-0.05, 0) is 36.6 Å². The van der Waals surface area contributed by atoms with Crippen molar-refractivity contribution in [3.63, 3.8) is 0 Å². The molecule has 2 heterocycles. The van der Waals surface area contributed by atoms with Gasteiger partial charge in [-0.15, -0.1) is 16.4 Å². The van der Waals surface area contributed by atoms with Crippen LogP contribution in [0.1, 0.15) is 23.2 Å². The Morgan fingerprint density at radius 2 is 2.18 bits per heavy atom. The molecule has 0 bridgehead atoms. The molecule has 11 heteroatoms. The van der Waals surface area contributed by atoms with Crippen LogP contribution < -0.4 is 5.32 Å². The fourth-order valence-corrected chi connectivity index (χ4v) is 3.94. The molecule has 1 amide bonds. The van der Waals surface area contributed by atoms with Crippen LogP contribution in [-0.2, 0) is 17.4 Å². The van der Waals surface area contributed by atoms with Gasteiger partial charge in [-0.25, -0.2) is 4.98 Å². The van der Waals surface area contributed by atoms with Crippen LogP contribution in [0.4, 0.5) is 18.9 Å². The second-order valence-electron chi connectivity index (χ2n) is 5.76. The van der Waals surface area contributed by atoms with Gasteiger partial charge in [-0.3, -0.25) is 9.89 Å². The molecule has 0 spiro atoms. The Kier molecular flexibility index (Phi) is 6.31. The number of amides is 1. The third-order valence-electron chi connectivity index (χ3n) is 3.62. The van der Waals surface area contributed by atoms with E-state index in [0.717, 1.165) is 28.8 Å². The van der Waals surface area contributed by atoms with Crippen LogP contribution in [-0.4, -0.2) is 26.3 Å². The molecule has 1 atom stereocenters. The number of carbonyl (C=O) groups excluding carboxylic acids is 1. The molecule has 2 N–H and O–H groups in total. The monoisotopic (exact) mass is 446 g/mol. The maximum absolute atomic E-state index is 12.9. The zero-order valence-electron chi connectivity index (χ0n) is 14.4. The standard InChI is InChI=1S/C17H14ClF3N4OS2/c1-9(28-16-23-14(24-25-16)8-11-3-2-6-27-11)15(26)22-10-4-5-13(18)12(7-10)17(19,20)21/h2-7,9H,8H2,1H3,(H,22,26)(H,23,24,25)/t9-/m1/s1. The van der Waals surface area contributed by atoms with Crippen LogP contribution in [0.15, 0.2) is 40.9 Å². The minimum atomic E-state index is -4.60. The van der Waals surface area contributed by atoms with Gasteiger partial charge in [0.05, 0.1) is 15.8 Å². The number of hydrogen-bond donors (Lipinski definition) is 2. The summed E-state index contributed by atoms with van der Waals surface area (Å²) in [7, 11) is 0. The van der Waals surface area contributed by atoms with E-state index in [1.807, 2.05) is 17.5 Å². The third kappa shape index (κ3) is 5.27. The molecule has 0 saturated carbocycles. The maximum Gasteiger partial charge on any atom is 0.417 e. The molecule has 0 aliphatic heterocycles. The Bertz CT molecular complexity index is 960. The fraction of sp³-hybridized carbons (Fsp3) is 0.235. The van der Waals surface area contributed by atoms with E-state index in [2.05, 4.69) is 20.5 Å². The highest BCUT2D eigenvalue weighted by Gasteiger charge is 2.33. The van der Waals surface area contributed by atoms with Crippen LogP contribution in [0.25, 0.3) is 0 Å². The van der Waals surface area contributed by atoms with Crippen molar-refractivity contribution in [3.05, 3.63) is 57.0 Å². The van der Waals surface area contributed by atoms with Crippen LogP contribution in [0.3, 0.4) is 0 Å². The number of hydrogen-bond acceptors (Lipinski definition) is 5. The predicted octanol–water partition coefficient (Wildman–Crippen LogP) is 5.25. The van der Waals surface area contributed by atoms with Crippen LogP contribution in [0, 0.1) is 0 Å². The Morgan fingerprint density at radius 3 is 2.86 bits per heavy atom. The van der Waals surface area contributed by atoms with E-state index in [4.69, 9.17) is 11.6 Å². The minimum Gasteiger partial charge on any atom is -0.325 e. The van der Waals surface area contributed by atoms with Crippen molar-refractivity contribution in [2.75, 3.05) is 5.32 Å². The lowest BCUT2D eigenvalue weighted by molar-refractivity contribution is -0.137. The number of aromatic nitrogens is 3. The SMILES string of the molecule is C[C@@H](Sc1n[nH]c(Cc2cccs2)n1)C(=O)Nc1ccc(Cl)c(C(F)(F)F)c1. The van der Waals surface area contributed by atoms with Gasteiger partial charge in [0, 0.05) is 17.0 Å². The van der Waals surface area contributed by atoms with Gasteiger partial charge in [0.1, 0.15) is 5.82 Å².